The Morgan fingerprint density at radius 1 is 1.10 bits per heavy atom. The predicted molar refractivity (Wildman–Crippen MR) is 96.6 cm³/mol. The predicted octanol–water partition coefficient (Wildman–Crippen LogP) is 3.43. The summed E-state index contributed by atoms with van der Waals surface area (Å²) < 4.78 is 54.2. The molecule has 1 amide bonds. The minimum Gasteiger partial charge on any atom is -0.497 e. The molecule has 0 radical (unpaired) electrons. The first kappa shape index (κ1) is 22.5. The number of hydrogen-bond acceptors (Lipinski definition) is 7. The normalized spacial score (nSPS) is 10.8. The Morgan fingerprint density at radius 3 is 2.37 bits per heavy atom. The van der Waals surface area contributed by atoms with Crippen molar-refractivity contribution in [2.24, 2.45) is 0 Å². The van der Waals surface area contributed by atoms with Gasteiger partial charge in [-0.3, -0.25) is 14.9 Å². The molecule has 0 bridgehead atoms. The number of methoxy groups -OCH3 is 2. The molecule has 0 saturated carbocycles. The van der Waals surface area contributed by atoms with E-state index < -0.39 is 46.5 Å². The van der Waals surface area contributed by atoms with E-state index in [-0.39, 0.29) is 11.3 Å². The molecule has 0 saturated heterocycles. The van der Waals surface area contributed by atoms with Gasteiger partial charge in [-0.1, -0.05) is 0 Å². The van der Waals surface area contributed by atoms with E-state index in [9.17, 15) is 32.9 Å². The number of nitrogens with one attached hydrogen (secondary N) is 1. The summed E-state index contributed by atoms with van der Waals surface area (Å²) in [5, 5.41) is 12.6. The molecule has 1 N–H and O–H groups in total. The van der Waals surface area contributed by atoms with E-state index in [0.717, 1.165) is 12.1 Å². The summed E-state index contributed by atoms with van der Waals surface area (Å²) in [5.41, 5.74) is -2.94. The average Bonchev–Trinajstić information content (AvgIpc) is 2.70. The summed E-state index contributed by atoms with van der Waals surface area (Å²) in [7, 11) is 2.70. The Morgan fingerprint density at radius 2 is 1.80 bits per heavy atom. The number of halogens is 3. The summed E-state index contributed by atoms with van der Waals surface area (Å²) >= 11 is 0. The molecule has 0 aliphatic carbocycles. The van der Waals surface area contributed by atoms with Crippen molar-refractivity contribution in [1.29, 1.82) is 0 Å². The van der Waals surface area contributed by atoms with E-state index >= 15 is 0 Å². The molecule has 0 heterocycles. The fourth-order valence-electron chi connectivity index (χ4n) is 2.35. The van der Waals surface area contributed by atoms with Crippen molar-refractivity contribution in [2.45, 2.75) is 6.18 Å². The van der Waals surface area contributed by atoms with Crippen LogP contribution in [0.1, 0.15) is 15.9 Å². The molecule has 2 aromatic rings. The van der Waals surface area contributed by atoms with E-state index in [1.807, 2.05) is 5.32 Å². The number of rotatable bonds is 7. The Labute approximate surface area is 167 Å². The highest BCUT2D eigenvalue weighted by atomic mass is 19.4. The van der Waals surface area contributed by atoms with Gasteiger partial charge in [-0.15, -0.1) is 0 Å². The van der Waals surface area contributed by atoms with Crippen molar-refractivity contribution >= 4 is 23.3 Å². The number of benzene rings is 2. The number of non-ortho nitro benzene ring substituents is 1. The van der Waals surface area contributed by atoms with Crippen LogP contribution < -0.4 is 14.8 Å². The highest BCUT2D eigenvalue weighted by Crippen LogP contribution is 2.37. The van der Waals surface area contributed by atoms with E-state index in [1.165, 1.54) is 32.4 Å². The number of carbonyl (C=O) groups excluding carboxylic acids is 2. The van der Waals surface area contributed by atoms with Crippen LogP contribution in [0.3, 0.4) is 0 Å². The van der Waals surface area contributed by atoms with Gasteiger partial charge in [0.05, 0.1) is 30.4 Å². The van der Waals surface area contributed by atoms with E-state index in [0.29, 0.717) is 11.8 Å². The maximum atomic E-state index is 13.1. The first-order chi connectivity index (χ1) is 14.1. The lowest BCUT2D eigenvalue weighted by atomic mass is 10.1. The van der Waals surface area contributed by atoms with Crippen molar-refractivity contribution in [3.63, 3.8) is 0 Å². The topological polar surface area (TPSA) is 117 Å². The van der Waals surface area contributed by atoms with Crippen molar-refractivity contribution in [3.05, 3.63) is 57.6 Å². The second-order valence-electron chi connectivity index (χ2n) is 5.68. The van der Waals surface area contributed by atoms with Crippen LogP contribution in [0, 0.1) is 10.1 Å². The van der Waals surface area contributed by atoms with Gasteiger partial charge >= 0.3 is 12.1 Å². The van der Waals surface area contributed by atoms with Gasteiger partial charge in [0, 0.05) is 18.2 Å². The molecule has 12 heteroatoms. The van der Waals surface area contributed by atoms with Gasteiger partial charge in [0.2, 0.25) is 0 Å². The molecule has 2 aromatic carbocycles. The molecule has 160 valence electrons. The van der Waals surface area contributed by atoms with Crippen LogP contribution in [0.15, 0.2) is 36.4 Å². The minimum absolute atomic E-state index is 0.0302. The summed E-state index contributed by atoms with van der Waals surface area (Å²) in [6.45, 7) is -0.900. The van der Waals surface area contributed by atoms with Gasteiger partial charge < -0.3 is 19.5 Å². The highest BCUT2D eigenvalue weighted by Gasteiger charge is 2.35. The molecule has 2 rings (SSSR count). The van der Waals surface area contributed by atoms with Crippen LogP contribution in [0.2, 0.25) is 0 Å². The number of anilines is 1. The third kappa shape index (κ3) is 5.37. The van der Waals surface area contributed by atoms with E-state index in [2.05, 4.69) is 0 Å². The van der Waals surface area contributed by atoms with Crippen LogP contribution in [0.25, 0.3) is 0 Å². The van der Waals surface area contributed by atoms with Gasteiger partial charge in [-0.05, 0) is 18.2 Å². The van der Waals surface area contributed by atoms with Crippen molar-refractivity contribution in [1.82, 2.24) is 0 Å². The lowest BCUT2D eigenvalue weighted by Gasteiger charge is -2.14. The number of esters is 1. The Kier molecular flexibility index (Phi) is 6.82. The smallest absolute Gasteiger partial charge is 0.418 e. The van der Waals surface area contributed by atoms with Crippen LogP contribution in [-0.4, -0.2) is 37.6 Å². The molecule has 0 spiro atoms. The number of nitro benzene ring substituents is 1. The quantitative estimate of drug-likeness (QED) is 0.408. The van der Waals surface area contributed by atoms with Crippen LogP contribution in [0.5, 0.6) is 11.5 Å². The zero-order valence-corrected chi connectivity index (χ0v) is 15.6. The van der Waals surface area contributed by atoms with Gasteiger partial charge in [0.15, 0.2) is 6.61 Å². The monoisotopic (exact) mass is 428 g/mol. The fraction of sp³-hybridized carbons (Fsp3) is 0.222. The molecule has 0 aromatic heterocycles. The summed E-state index contributed by atoms with van der Waals surface area (Å²) in [6.07, 6.45) is -4.96. The SMILES string of the molecule is COc1ccc(C(=O)OCC(=O)Nc2ccc([N+](=O)[O-])cc2C(F)(F)F)c(OC)c1. The van der Waals surface area contributed by atoms with Crippen LogP contribution in [0.4, 0.5) is 24.5 Å². The van der Waals surface area contributed by atoms with Gasteiger partial charge in [0.1, 0.15) is 17.1 Å². The molecule has 30 heavy (non-hydrogen) atoms. The fourth-order valence-corrected chi connectivity index (χ4v) is 2.35. The van der Waals surface area contributed by atoms with Gasteiger partial charge in [-0.25, -0.2) is 4.79 Å². The third-order valence-electron chi connectivity index (χ3n) is 3.76. The number of amides is 1. The van der Waals surface area contributed by atoms with E-state index in [4.69, 9.17) is 14.2 Å². The van der Waals surface area contributed by atoms with Gasteiger partial charge in [-0.2, -0.15) is 13.2 Å². The summed E-state index contributed by atoms with van der Waals surface area (Å²) in [6, 6.07) is 6.03. The molecule has 0 unspecified atom stereocenters. The van der Waals surface area contributed by atoms with Crippen molar-refractivity contribution < 1.29 is 41.9 Å². The number of nitro groups is 1. The zero-order valence-electron chi connectivity index (χ0n) is 15.6. The molecule has 9 nitrogen and oxygen atoms in total. The lowest BCUT2D eigenvalue weighted by Crippen LogP contribution is -2.23. The second-order valence-corrected chi connectivity index (χ2v) is 5.68. The summed E-state index contributed by atoms with van der Waals surface area (Å²) in [5.74, 6) is -1.52. The minimum atomic E-state index is -4.96. The van der Waals surface area contributed by atoms with E-state index in [1.54, 1.807) is 0 Å². The largest absolute Gasteiger partial charge is 0.497 e. The number of alkyl halides is 3. The molecule has 0 atom stereocenters. The Balaban J connectivity index is 2.11. The summed E-state index contributed by atoms with van der Waals surface area (Å²) in [4.78, 5) is 33.8. The van der Waals surface area contributed by atoms with Crippen LogP contribution in [-0.2, 0) is 15.7 Å². The first-order valence-corrected chi connectivity index (χ1v) is 8.11. The number of nitrogens with zero attached hydrogens (tertiary/aromatic N) is 1. The molecule has 0 aliphatic rings. The third-order valence-corrected chi connectivity index (χ3v) is 3.76. The zero-order chi connectivity index (χ0) is 22.5. The number of carbonyl (C=O) groups is 2. The number of ether oxygens (including phenoxy) is 3. The Bertz CT molecular complexity index is 977. The van der Waals surface area contributed by atoms with Crippen molar-refractivity contribution in [3.8, 4) is 11.5 Å². The Hall–Kier alpha value is -3.83. The number of hydrogen-bond donors (Lipinski definition) is 1. The standard InChI is InChI=1S/C18H15F3N2O7/c1-28-11-4-5-12(15(8-11)29-2)17(25)30-9-16(24)22-14-6-3-10(23(26)27)7-13(14)18(19,20)21/h3-8H,9H2,1-2H3,(H,22,24). The van der Waals surface area contributed by atoms with Gasteiger partial charge in [0.25, 0.3) is 11.6 Å². The average molecular weight is 428 g/mol. The molecule has 0 aliphatic heterocycles. The second kappa shape index (κ2) is 9.11. The maximum Gasteiger partial charge on any atom is 0.418 e. The van der Waals surface area contributed by atoms with Crippen LogP contribution >= 0.6 is 0 Å². The lowest BCUT2D eigenvalue weighted by molar-refractivity contribution is -0.385. The molecule has 0 fully saturated rings. The first-order valence-electron chi connectivity index (χ1n) is 8.11. The molecular formula is C18H15F3N2O7. The molecular weight excluding hydrogens is 413 g/mol. The highest BCUT2D eigenvalue weighted by molar-refractivity contribution is 5.97. The maximum absolute atomic E-state index is 13.1. The van der Waals surface area contributed by atoms with Crippen molar-refractivity contribution in [2.75, 3.05) is 26.1 Å².